The molecule has 0 spiro atoms. The van der Waals surface area contributed by atoms with Gasteiger partial charge in [-0.05, 0) is 19.1 Å². The lowest BCUT2D eigenvalue weighted by atomic mass is 10.3. The van der Waals surface area contributed by atoms with Gasteiger partial charge in [-0.1, -0.05) is 18.2 Å². The molecule has 0 aliphatic carbocycles. The van der Waals surface area contributed by atoms with Gasteiger partial charge < -0.3 is 5.73 Å². The van der Waals surface area contributed by atoms with Crippen molar-refractivity contribution >= 4 is 16.9 Å². The largest absolute Gasteiger partial charge is 0.384 e. The van der Waals surface area contributed by atoms with Crippen LogP contribution >= 0.6 is 0 Å². The minimum Gasteiger partial charge on any atom is -0.384 e. The maximum atomic E-state index is 6.00. The second-order valence-corrected chi connectivity index (χ2v) is 4.95. The number of aryl methyl sites for hydroxylation is 1. The first kappa shape index (κ1) is 12.5. The van der Waals surface area contributed by atoms with Crippen molar-refractivity contribution in [1.29, 1.82) is 0 Å². The Kier molecular flexibility index (Phi) is 2.65. The Morgan fingerprint density at radius 1 is 1.05 bits per heavy atom. The fourth-order valence-electron chi connectivity index (χ4n) is 2.45. The SMILES string of the molecule is Cc1cc(N)n(-c2ncnc3c2cnn3-c2ccccc2)n1. The van der Waals surface area contributed by atoms with E-state index >= 15 is 0 Å². The lowest BCUT2D eigenvalue weighted by molar-refractivity contribution is 0.843. The Morgan fingerprint density at radius 3 is 2.59 bits per heavy atom. The van der Waals surface area contributed by atoms with Gasteiger partial charge in [0, 0.05) is 6.07 Å². The van der Waals surface area contributed by atoms with Crippen LogP contribution in [-0.4, -0.2) is 29.5 Å². The van der Waals surface area contributed by atoms with Crippen LogP contribution < -0.4 is 5.73 Å². The van der Waals surface area contributed by atoms with E-state index in [0.29, 0.717) is 17.3 Å². The molecule has 2 N–H and O–H groups in total. The quantitative estimate of drug-likeness (QED) is 0.609. The van der Waals surface area contributed by atoms with E-state index in [1.807, 2.05) is 37.3 Å². The number of aromatic nitrogens is 6. The van der Waals surface area contributed by atoms with E-state index < -0.39 is 0 Å². The molecule has 0 bridgehead atoms. The minimum atomic E-state index is 0.532. The number of fused-ring (bicyclic) bond motifs is 1. The number of hydrogen-bond acceptors (Lipinski definition) is 5. The molecular formula is C15H13N7. The fraction of sp³-hybridized carbons (Fsp3) is 0.0667. The zero-order valence-corrected chi connectivity index (χ0v) is 11.9. The Balaban J connectivity index is 1.96. The molecule has 0 amide bonds. The first-order chi connectivity index (χ1) is 10.7. The fourth-order valence-corrected chi connectivity index (χ4v) is 2.45. The molecule has 3 aromatic heterocycles. The summed E-state index contributed by atoms with van der Waals surface area (Å²) in [6.07, 6.45) is 3.23. The van der Waals surface area contributed by atoms with Crippen LogP contribution in [0.2, 0.25) is 0 Å². The molecule has 0 saturated carbocycles. The first-order valence-corrected chi connectivity index (χ1v) is 6.81. The summed E-state index contributed by atoms with van der Waals surface area (Å²) in [7, 11) is 0. The van der Waals surface area contributed by atoms with Gasteiger partial charge in [-0.25, -0.2) is 14.6 Å². The first-order valence-electron chi connectivity index (χ1n) is 6.81. The zero-order chi connectivity index (χ0) is 15.1. The number of nitrogens with zero attached hydrogens (tertiary/aromatic N) is 6. The average molecular weight is 291 g/mol. The van der Waals surface area contributed by atoms with Gasteiger partial charge in [0.1, 0.15) is 12.1 Å². The molecule has 4 rings (SSSR count). The van der Waals surface area contributed by atoms with Crippen molar-refractivity contribution in [2.24, 2.45) is 0 Å². The van der Waals surface area contributed by atoms with Crippen molar-refractivity contribution in [2.75, 3.05) is 5.73 Å². The summed E-state index contributed by atoms with van der Waals surface area (Å²) in [6, 6.07) is 11.6. The van der Waals surface area contributed by atoms with Crippen molar-refractivity contribution < 1.29 is 0 Å². The highest BCUT2D eigenvalue weighted by Crippen LogP contribution is 2.22. The maximum absolute atomic E-state index is 6.00. The second-order valence-electron chi connectivity index (χ2n) is 4.95. The summed E-state index contributed by atoms with van der Waals surface area (Å²) in [5, 5.41) is 9.59. The Labute approximate surface area is 126 Å². The normalized spacial score (nSPS) is 11.1. The predicted molar refractivity (Wildman–Crippen MR) is 82.9 cm³/mol. The molecule has 22 heavy (non-hydrogen) atoms. The standard InChI is InChI=1S/C15H13N7/c1-10-7-13(16)22(20-10)15-12-8-19-21(14(12)17-9-18-15)11-5-3-2-4-6-11/h2-9H,16H2,1H3. The molecule has 108 valence electrons. The molecular weight excluding hydrogens is 278 g/mol. The van der Waals surface area contributed by atoms with Gasteiger partial charge in [0.05, 0.1) is 23.0 Å². The van der Waals surface area contributed by atoms with Crippen molar-refractivity contribution in [2.45, 2.75) is 6.92 Å². The summed E-state index contributed by atoms with van der Waals surface area (Å²) in [4.78, 5) is 8.66. The highest BCUT2D eigenvalue weighted by molar-refractivity contribution is 5.83. The Morgan fingerprint density at radius 2 is 1.86 bits per heavy atom. The van der Waals surface area contributed by atoms with Crippen LogP contribution in [0.5, 0.6) is 0 Å². The monoisotopic (exact) mass is 291 g/mol. The van der Waals surface area contributed by atoms with Crippen LogP contribution in [0.25, 0.3) is 22.5 Å². The van der Waals surface area contributed by atoms with Crippen LogP contribution in [0.3, 0.4) is 0 Å². The van der Waals surface area contributed by atoms with Crippen molar-refractivity contribution in [3.8, 4) is 11.5 Å². The summed E-state index contributed by atoms with van der Waals surface area (Å²) >= 11 is 0. The molecule has 0 saturated heterocycles. The molecule has 3 heterocycles. The van der Waals surface area contributed by atoms with E-state index in [1.54, 1.807) is 21.6 Å². The number of anilines is 1. The Hall–Kier alpha value is -3.22. The lowest BCUT2D eigenvalue weighted by Gasteiger charge is -2.05. The number of nitrogens with two attached hydrogens (primary N) is 1. The average Bonchev–Trinajstić information content (AvgIpc) is 3.11. The molecule has 0 radical (unpaired) electrons. The highest BCUT2D eigenvalue weighted by atomic mass is 15.4. The number of nitrogen functional groups attached to an aromatic ring is 1. The maximum Gasteiger partial charge on any atom is 0.170 e. The van der Waals surface area contributed by atoms with Crippen LogP contribution in [-0.2, 0) is 0 Å². The third-order valence-electron chi connectivity index (χ3n) is 3.41. The van der Waals surface area contributed by atoms with Gasteiger partial charge in [-0.3, -0.25) is 0 Å². The van der Waals surface area contributed by atoms with Gasteiger partial charge in [0.25, 0.3) is 0 Å². The third-order valence-corrected chi connectivity index (χ3v) is 3.41. The van der Waals surface area contributed by atoms with Gasteiger partial charge in [0.2, 0.25) is 0 Å². The summed E-state index contributed by atoms with van der Waals surface area (Å²) in [5.74, 6) is 1.16. The third kappa shape index (κ3) is 1.83. The van der Waals surface area contributed by atoms with E-state index in [9.17, 15) is 0 Å². The van der Waals surface area contributed by atoms with E-state index in [0.717, 1.165) is 16.8 Å². The van der Waals surface area contributed by atoms with Crippen molar-refractivity contribution in [1.82, 2.24) is 29.5 Å². The van der Waals surface area contributed by atoms with Crippen molar-refractivity contribution in [3.05, 3.63) is 54.6 Å². The molecule has 0 aliphatic heterocycles. The molecule has 4 aromatic rings. The molecule has 1 aromatic carbocycles. The van der Waals surface area contributed by atoms with Gasteiger partial charge >= 0.3 is 0 Å². The van der Waals surface area contributed by atoms with E-state index in [1.165, 1.54) is 6.33 Å². The number of benzene rings is 1. The summed E-state index contributed by atoms with van der Waals surface area (Å²) in [5.41, 5.74) is 8.48. The molecule has 7 nitrogen and oxygen atoms in total. The number of rotatable bonds is 2. The molecule has 0 atom stereocenters. The summed E-state index contributed by atoms with van der Waals surface area (Å²) < 4.78 is 3.38. The van der Waals surface area contributed by atoms with Gasteiger partial charge in [-0.15, -0.1) is 0 Å². The number of para-hydroxylation sites is 1. The molecule has 0 unspecified atom stereocenters. The smallest absolute Gasteiger partial charge is 0.170 e. The highest BCUT2D eigenvalue weighted by Gasteiger charge is 2.14. The molecule has 0 aliphatic rings. The topological polar surface area (TPSA) is 87.4 Å². The van der Waals surface area contributed by atoms with E-state index in [-0.39, 0.29) is 0 Å². The van der Waals surface area contributed by atoms with Crippen molar-refractivity contribution in [3.63, 3.8) is 0 Å². The minimum absolute atomic E-state index is 0.532. The molecule has 0 fully saturated rings. The van der Waals surface area contributed by atoms with E-state index in [4.69, 9.17) is 5.73 Å². The van der Waals surface area contributed by atoms with E-state index in [2.05, 4.69) is 20.2 Å². The predicted octanol–water partition coefficient (Wildman–Crippen LogP) is 1.89. The summed E-state index contributed by atoms with van der Waals surface area (Å²) in [6.45, 7) is 1.89. The van der Waals surface area contributed by atoms with Crippen LogP contribution in [0, 0.1) is 6.92 Å². The van der Waals surface area contributed by atoms with Gasteiger partial charge in [0.15, 0.2) is 11.5 Å². The second kappa shape index (κ2) is 4.66. The van der Waals surface area contributed by atoms with Crippen LogP contribution in [0.15, 0.2) is 48.9 Å². The lowest BCUT2D eigenvalue weighted by Crippen LogP contribution is -2.05. The number of hydrogen-bond donors (Lipinski definition) is 1. The van der Waals surface area contributed by atoms with Gasteiger partial charge in [-0.2, -0.15) is 14.9 Å². The zero-order valence-electron chi connectivity index (χ0n) is 11.9. The Bertz CT molecular complexity index is 953. The van der Waals surface area contributed by atoms with Crippen LogP contribution in [0.1, 0.15) is 5.69 Å². The van der Waals surface area contributed by atoms with Crippen LogP contribution in [0.4, 0.5) is 5.82 Å². The molecule has 7 heteroatoms.